The molecule has 0 radical (unpaired) electrons. The van der Waals surface area contributed by atoms with Crippen molar-refractivity contribution in [2.24, 2.45) is 7.05 Å². The minimum absolute atomic E-state index is 0.285. The molecule has 0 spiro atoms. The van der Waals surface area contributed by atoms with Crippen molar-refractivity contribution in [2.45, 2.75) is 0 Å². The van der Waals surface area contributed by atoms with E-state index in [0.29, 0.717) is 16.7 Å². The Hall–Kier alpha value is -1.58. The summed E-state index contributed by atoms with van der Waals surface area (Å²) in [7, 11) is 1.74. The lowest BCUT2D eigenvalue weighted by Crippen LogP contribution is -1.89. The molecule has 0 aliphatic heterocycles. The lowest BCUT2D eigenvalue weighted by atomic mass is 10.3. The van der Waals surface area contributed by atoms with Crippen LogP contribution in [-0.2, 0) is 7.05 Å². The number of aryl methyl sites for hydroxylation is 1. The molecule has 0 amide bonds. The fourth-order valence-electron chi connectivity index (χ4n) is 1.23. The zero-order valence-electron chi connectivity index (χ0n) is 6.58. The van der Waals surface area contributed by atoms with Crippen LogP contribution in [0, 0.1) is 5.82 Å². The summed E-state index contributed by atoms with van der Waals surface area (Å²) >= 11 is 0. The average Bonchev–Trinajstić information content (AvgIpc) is 2.28. The van der Waals surface area contributed by atoms with Gasteiger partial charge in [0.2, 0.25) is 0 Å². The van der Waals surface area contributed by atoms with Gasteiger partial charge in [0.1, 0.15) is 11.5 Å². The lowest BCUT2D eigenvalue weighted by molar-refractivity contribution is 0.633. The molecule has 4 heteroatoms. The minimum Gasteiger partial charge on any atom is -0.397 e. The summed E-state index contributed by atoms with van der Waals surface area (Å²) in [5.41, 5.74) is 6.56. The number of nitrogens with two attached hydrogens (primary N) is 1. The van der Waals surface area contributed by atoms with E-state index in [1.165, 1.54) is 12.4 Å². The summed E-state index contributed by atoms with van der Waals surface area (Å²) in [6, 6.07) is 1.58. The second-order valence-electron chi connectivity index (χ2n) is 2.73. The molecule has 0 saturated heterocycles. The van der Waals surface area contributed by atoms with Gasteiger partial charge < -0.3 is 10.3 Å². The summed E-state index contributed by atoms with van der Waals surface area (Å²) < 4.78 is 14.7. The van der Waals surface area contributed by atoms with Crippen LogP contribution in [0.4, 0.5) is 10.1 Å². The Balaban J connectivity index is 2.90. The number of hydrogen-bond acceptors (Lipinski definition) is 2. The van der Waals surface area contributed by atoms with Crippen molar-refractivity contribution in [3.05, 3.63) is 24.3 Å². The molecule has 0 aliphatic rings. The summed E-state index contributed by atoms with van der Waals surface area (Å²) in [4.78, 5) is 4.00. The van der Waals surface area contributed by atoms with Crippen LogP contribution >= 0.6 is 0 Å². The number of nitrogens with zero attached hydrogens (tertiary/aromatic N) is 2. The molecule has 2 N–H and O–H groups in total. The van der Waals surface area contributed by atoms with E-state index in [1.807, 2.05) is 0 Å². The Morgan fingerprint density at radius 1 is 1.58 bits per heavy atom. The number of pyridine rings is 1. The molecule has 0 atom stereocenters. The summed E-state index contributed by atoms with van der Waals surface area (Å²) in [5.74, 6) is -0.285. The van der Waals surface area contributed by atoms with E-state index in [4.69, 9.17) is 5.73 Å². The van der Waals surface area contributed by atoms with Gasteiger partial charge in [-0.1, -0.05) is 0 Å². The smallest absolute Gasteiger partial charge is 0.150 e. The highest BCUT2D eigenvalue weighted by atomic mass is 19.1. The van der Waals surface area contributed by atoms with Gasteiger partial charge in [-0.3, -0.25) is 0 Å². The molecular formula is C8H8FN3. The van der Waals surface area contributed by atoms with E-state index < -0.39 is 0 Å². The summed E-state index contributed by atoms with van der Waals surface area (Å²) in [5, 5.41) is 0.470. The van der Waals surface area contributed by atoms with Crippen molar-refractivity contribution >= 4 is 16.7 Å². The zero-order chi connectivity index (χ0) is 8.72. The first kappa shape index (κ1) is 7.09. The molecule has 12 heavy (non-hydrogen) atoms. The number of hydrogen-bond donors (Lipinski definition) is 1. The molecule has 0 fully saturated rings. The molecular weight excluding hydrogens is 157 g/mol. The molecule has 2 aromatic rings. The van der Waals surface area contributed by atoms with E-state index in [-0.39, 0.29) is 5.82 Å². The highest BCUT2D eigenvalue weighted by Gasteiger charge is 2.06. The van der Waals surface area contributed by atoms with Crippen LogP contribution < -0.4 is 5.73 Å². The molecule has 62 valence electrons. The van der Waals surface area contributed by atoms with Gasteiger partial charge in [0, 0.05) is 13.2 Å². The third-order valence-corrected chi connectivity index (χ3v) is 1.79. The Bertz CT molecular complexity index is 433. The van der Waals surface area contributed by atoms with E-state index in [9.17, 15) is 4.39 Å². The molecule has 0 saturated carbocycles. The van der Waals surface area contributed by atoms with E-state index >= 15 is 0 Å². The van der Waals surface area contributed by atoms with Crippen LogP contribution in [0.1, 0.15) is 0 Å². The highest BCUT2D eigenvalue weighted by Crippen LogP contribution is 2.18. The van der Waals surface area contributed by atoms with Gasteiger partial charge in [-0.15, -0.1) is 0 Å². The molecule has 0 aromatic carbocycles. The standard InChI is InChI=1S/C8H8FN3/c1-12-4-7(9)6-2-5(10)3-11-8(6)12/h2-4H,10H2,1H3. The number of fused-ring (bicyclic) bond motifs is 1. The monoisotopic (exact) mass is 165 g/mol. The molecule has 2 heterocycles. The minimum atomic E-state index is -0.285. The third-order valence-electron chi connectivity index (χ3n) is 1.79. The highest BCUT2D eigenvalue weighted by molar-refractivity contribution is 5.79. The average molecular weight is 165 g/mol. The summed E-state index contributed by atoms with van der Waals surface area (Å²) in [6.07, 6.45) is 2.90. The first-order valence-electron chi connectivity index (χ1n) is 3.54. The van der Waals surface area contributed by atoms with Crippen molar-refractivity contribution in [3.8, 4) is 0 Å². The second kappa shape index (κ2) is 2.20. The number of anilines is 1. The fourth-order valence-corrected chi connectivity index (χ4v) is 1.23. The van der Waals surface area contributed by atoms with Gasteiger partial charge in [0.05, 0.1) is 17.3 Å². The summed E-state index contributed by atoms with van der Waals surface area (Å²) in [6.45, 7) is 0. The largest absolute Gasteiger partial charge is 0.397 e. The quantitative estimate of drug-likeness (QED) is 0.639. The Labute approximate surface area is 68.6 Å². The molecule has 2 aromatic heterocycles. The van der Waals surface area contributed by atoms with Crippen LogP contribution in [0.3, 0.4) is 0 Å². The number of nitrogen functional groups attached to an aromatic ring is 1. The SMILES string of the molecule is Cn1cc(F)c2cc(N)cnc21. The molecule has 3 nitrogen and oxygen atoms in total. The van der Waals surface area contributed by atoms with Crippen LogP contribution in [0.25, 0.3) is 11.0 Å². The molecule has 0 unspecified atom stereocenters. The Morgan fingerprint density at radius 3 is 3.08 bits per heavy atom. The third kappa shape index (κ3) is 0.845. The van der Waals surface area contributed by atoms with Crippen LogP contribution in [0.2, 0.25) is 0 Å². The van der Waals surface area contributed by atoms with Gasteiger partial charge in [-0.05, 0) is 6.07 Å². The maximum atomic E-state index is 13.1. The number of halogens is 1. The lowest BCUT2D eigenvalue weighted by Gasteiger charge is -1.94. The van der Waals surface area contributed by atoms with E-state index in [1.54, 1.807) is 17.7 Å². The van der Waals surface area contributed by atoms with Gasteiger partial charge >= 0.3 is 0 Å². The first-order valence-corrected chi connectivity index (χ1v) is 3.54. The van der Waals surface area contributed by atoms with Crippen molar-refractivity contribution in [1.82, 2.24) is 9.55 Å². The zero-order valence-corrected chi connectivity index (χ0v) is 6.58. The van der Waals surface area contributed by atoms with E-state index in [2.05, 4.69) is 4.98 Å². The van der Waals surface area contributed by atoms with Crippen molar-refractivity contribution in [1.29, 1.82) is 0 Å². The maximum Gasteiger partial charge on any atom is 0.150 e. The van der Waals surface area contributed by atoms with Crippen molar-refractivity contribution in [3.63, 3.8) is 0 Å². The predicted molar refractivity (Wildman–Crippen MR) is 45.1 cm³/mol. The predicted octanol–water partition coefficient (Wildman–Crippen LogP) is 1.29. The van der Waals surface area contributed by atoms with Gasteiger partial charge in [-0.25, -0.2) is 9.37 Å². The fraction of sp³-hybridized carbons (Fsp3) is 0.125. The Kier molecular flexibility index (Phi) is 1.30. The van der Waals surface area contributed by atoms with Gasteiger partial charge in [0.15, 0.2) is 0 Å². The van der Waals surface area contributed by atoms with Crippen molar-refractivity contribution < 1.29 is 4.39 Å². The number of aromatic nitrogens is 2. The van der Waals surface area contributed by atoms with Crippen molar-refractivity contribution in [2.75, 3.05) is 5.73 Å². The van der Waals surface area contributed by atoms with Gasteiger partial charge in [-0.2, -0.15) is 0 Å². The Morgan fingerprint density at radius 2 is 2.33 bits per heavy atom. The maximum absolute atomic E-state index is 13.1. The van der Waals surface area contributed by atoms with Crippen LogP contribution in [0.5, 0.6) is 0 Å². The van der Waals surface area contributed by atoms with E-state index in [0.717, 1.165) is 0 Å². The number of rotatable bonds is 0. The molecule has 0 aliphatic carbocycles. The topological polar surface area (TPSA) is 43.8 Å². The molecule has 2 rings (SSSR count). The molecule has 0 bridgehead atoms. The van der Waals surface area contributed by atoms with Crippen LogP contribution in [0.15, 0.2) is 18.5 Å². The first-order chi connectivity index (χ1) is 5.68. The van der Waals surface area contributed by atoms with Crippen LogP contribution in [-0.4, -0.2) is 9.55 Å². The second-order valence-corrected chi connectivity index (χ2v) is 2.73. The van der Waals surface area contributed by atoms with Gasteiger partial charge in [0.25, 0.3) is 0 Å². The normalized spacial score (nSPS) is 10.8.